The molecule has 14 heavy (non-hydrogen) atoms. The van der Waals surface area contributed by atoms with E-state index in [9.17, 15) is 4.79 Å². The van der Waals surface area contributed by atoms with Gasteiger partial charge in [0, 0.05) is 12.0 Å². The molecule has 1 unspecified atom stereocenters. The van der Waals surface area contributed by atoms with Gasteiger partial charge in [-0.3, -0.25) is 0 Å². The molecule has 1 atom stereocenters. The van der Waals surface area contributed by atoms with Gasteiger partial charge in [0.25, 0.3) is 0 Å². The van der Waals surface area contributed by atoms with Crippen molar-refractivity contribution in [2.75, 3.05) is 19.8 Å². The van der Waals surface area contributed by atoms with Crippen molar-refractivity contribution in [1.29, 1.82) is 0 Å². The minimum Gasteiger partial charge on any atom is -0.463 e. The molecular formula is C11H18O3. The van der Waals surface area contributed by atoms with Crippen LogP contribution in [0.5, 0.6) is 0 Å². The van der Waals surface area contributed by atoms with E-state index in [0.717, 1.165) is 26.1 Å². The first-order valence-electron chi connectivity index (χ1n) is 5.22. The van der Waals surface area contributed by atoms with E-state index < -0.39 is 0 Å². The van der Waals surface area contributed by atoms with Gasteiger partial charge in [-0.15, -0.1) is 0 Å². The highest BCUT2D eigenvalue weighted by Crippen LogP contribution is 2.23. The quantitative estimate of drug-likeness (QED) is 0.513. The van der Waals surface area contributed by atoms with Gasteiger partial charge in [0.15, 0.2) is 0 Å². The molecule has 1 aliphatic heterocycles. The van der Waals surface area contributed by atoms with Crippen molar-refractivity contribution in [1.82, 2.24) is 0 Å². The fourth-order valence-corrected chi connectivity index (χ4v) is 1.63. The van der Waals surface area contributed by atoms with Gasteiger partial charge in [-0.05, 0) is 19.8 Å². The third kappa shape index (κ3) is 3.14. The highest BCUT2D eigenvalue weighted by Gasteiger charge is 2.18. The van der Waals surface area contributed by atoms with E-state index in [1.165, 1.54) is 5.57 Å². The van der Waals surface area contributed by atoms with Crippen molar-refractivity contribution in [3.63, 3.8) is 0 Å². The van der Waals surface area contributed by atoms with Crippen molar-refractivity contribution in [3.05, 3.63) is 11.6 Å². The number of esters is 1. The van der Waals surface area contributed by atoms with E-state index in [0.29, 0.717) is 12.5 Å². The van der Waals surface area contributed by atoms with Crippen LogP contribution in [-0.4, -0.2) is 25.8 Å². The molecule has 1 heterocycles. The highest BCUT2D eigenvalue weighted by molar-refractivity contribution is 5.82. The molecule has 0 bridgehead atoms. The molecule has 1 rings (SSSR count). The topological polar surface area (TPSA) is 35.5 Å². The van der Waals surface area contributed by atoms with Gasteiger partial charge >= 0.3 is 5.97 Å². The summed E-state index contributed by atoms with van der Waals surface area (Å²) in [7, 11) is 0. The van der Waals surface area contributed by atoms with Crippen LogP contribution in [0.4, 0.5) is 0 Å². The Hall–Kier alpha value is -0.830. The summed E-state index contributed by atoms with van der Waals surface area (Å²) >= 11 is 0. The molecule has 0 aromatic rings. The van der Waals surface area contributed by atoms with Crippen LogP contribution in [-0.2, 0) is 14.3 Å². The molecular weight excluding hydrogens is 180 g/mol. The molecule has 3 nitrogen and oxygen atoms in total. The van der Waals surface area contributed by atoms with Crippen molar-refractivity contribution in [2.24, 2.45) is 5.92 Å². The van der Waals surface area contributed by atoms with E-state index in [2.05, 4.69) is 6.92 Å². The molecule has 3 heteroatoms. The second-order valence-electron chi connectivity index (χ2n) is 3.40. The lowest BCUT2D eigenvalue weighted by Gasteiger charge is -2.24. The van der Waals surface area contributed by atoms with E-state index in [4.69, 9.17) is 9.47 Å². The summed E-state index contributed by atoms with van der Waals surface area (Å²) in [6.07, 6.45) is 3.52. The molecule has 0 amide bonds. The molecule has 0 spiro atoms. The Bertz CT molecular complexity index is 221. The molecule has 0 aromatic carbocycles. The Morgan fingerprint density at radius 2 is 2.43 bits per heavy atom. The van der Waals surface area contributed by atoms with Crippen LogP contribution in [0.2, 0.25) is 0 Å². The number of hydrogen-bond donors (Lipinski definition) is 0. The van der Waals surface area contributed by atoms with Crippen LogP contribution in [0.3, 0.4) is 0 Å². The lowest BCUT2D eigenvalue weighted by molar-refractivity contribution is -0.137. The molecule has 1 fully saturated rings. The molecule has 0 aromatic heterocycles. The number of carbonyl (C=O) groups is 1. The van der Waals surface area contributed by atoms with Crippen molar-refractivity contribution >= 4 is 5.97 Å². The molecule has 0 aliphatic carbocycles. The Morgan fingerprint density at radius 3 is 3.07 bits per heavy atom. The summed E-state index contributed by atoms with van der Waals surface area (Å²) in [5.41, 5.74) is 1.18. The van der Waals surface area contributed by atoms with Gasteiger partial charge < -0.3 is 9.47 Å². The second kappa shape index (κ2) is 5.81. The highest BCUT2D eigenvalue weighted by atomic mass is 16.5. The van der Waals surface area contributed by atoms with E-state index in [-0.39, 0.29) is 5.97 Å². The molecule has 0 saturated carbocycles. The molecule has 0 radical (unpaired) electrons. The van der Waals surface area contributed by atoms with Crippen LogP contribution in [0.15, 0.2) is 11.6 Å². The summed E-state index contributed by atoms with van der Waals surface area (Å²) in [6, 6.07) is 0. The first kappa shape index (κ1) is 11.2. The average molecular weight is 198 g/mol. The van der Waals surface area contributed by atoms with E-state index in [1.807, 2.05) is 6.92 Å². The fraction of sp³-hybridized carbons (Fsp3) is 0.727. The minimum absolute atomic E-state index is 0.220. The lowest BCUT2D eigenvalue weighted by atomic mass is 9.92. The smallest absolute Gasteiger partial charge is 0.330 e. The number of carbonyl (C=O) groups excluding carboxylic acids is 1. The van der Waals surface area contributed by atoms with Gasteiger partial charge in [0.1, 0.15) is 0 Å². The third-order valence-corrected chi connectivity index (χ3v) is 2.46. The largest absolute Gasteiger partial charge is 0.463 e. The summed E-state index contributed by atoms with van der Waals surface area (Å²) < 4.78 is 10.2. The van der Waals surface area contributed by atoms with Crippen LogP contribution in [0, 0.1) is 5.92 Å². The maximum atomic E-state index is 11.2. The normalized spacial score (nSPS) is 25.0. The zero-order chi connectivity index (χ0) is 10.4. The maximum Gasteiger partial charge on any atom is 0.330 e. The number of rotatable bonds is 3. The zero-order valence-electron chi connectivity index (χ0n) is 8.91. The zero-order valence-corrected chi connectivity index (χ0v) is 8.91. The van der Waals surface area contributed by atoms with Gasteiger partial charge in [0.05, 0.1) is 19.8 Å². The van der Waals surface area contributed by atoms with Gasteiger partial charge in [-0.2, -0.15) is 0 Å². The van der Waals surface area contributed by atoms with Gasteiger partial charge in [0.2, 0.25) is 0 Å². The number of ether oxygens (including phenoxy) is 2. The molecule has 1 aliphatic rings. The molecule has 1 saturated heterocycles. The van der Waals surface area contributed by atoms with Gasteiger partial charge in [-0.1, -0.05) is 12.5 Å². The van der Waals surface area contributed by atoms with Crippen LogP contribution < -0.4 is 0 Å². The maximum absolute atomic E-state index is 11.2. The standard InChI is InChI=1S/C11H18O3/c1-3-9-8-13-6-5-10(9)7-11(12)14-4-2/h7,9H,3-6,8H2,1-2H3/b10-7-. The van der Waals surface area contributed by atoms with E-state index >= 15 is 0 Å². The fourth-order valence-electron chi connectivity index (χ4n) is 1.63. The predicted molar refractivity (Wildman–Crippen MR) is 53.9 cm³/mol. The van der Waals surface area contributed by atoms with Crippen LogP contribution >= 0.6 is 0 Å². The second-order valence-corrected chi connectivity index (χ2v) is 3.40. The predicted octanol–water partition coefficient (Wildman–Crippen LogP) is 1.92. The third-order valence-electron chi connectivity index (χ3n) is 2.46. The molecule has 0 N–H and O–H groups in total. The Kier molecular flexibility index (Phi) is 4.66. The molecule has 80 valence electrons. The lowest BCUT2D eigenvalue weighted by Crippen LogP contribution is -2.20. The van der Waals surface area contributed by atoms with Gasteiger partial charge in [-0.25, -0.2) is 4.79 Å². The van der Waals surface area contributed by atoms with Crippen molar-refractivity contribution < 1.29 is 14.3 Å². The van der Waals surface area contributed by atoms with Crippen LogP contribution in [0.1, 0.15) is 26.7 Å². The Labute approximate surface area is 85.1 Å². The van der Waals surface area contributed by atoms with Crippen molar-refractivity contribution in [2.45, 2.75) is 26.7 Å². The monoisotopic (exact) mass is 198 g/mol. The minimum atomic E-state index is -0.220. The SMILES string of the molecule is CCOC(=O)/C=C1/CCOCC1CC. The summed E-state index contributed by atoms with van der Waals surface area (Å²) in [4.78, 5) is 11.2. The summed E-state index contributed by atoms with van der Waals surface area (Å²) in [5.74, 6) is 0.177. The summed E-state index contributed by atoms with van der Waals surface area (Å²) in [5, 5.41) is 0. The van der Waals surface area contributed by atoms with Crippen molar-refractivity contribution in [3.8, 4) is 0 Å². The number of hydrogen-bond acceptors (Lipinski definition) is 3. The van der Waals surface area contributed by atoms with E-state index in [1.54, 1.807) is 6.08 Å². The summed E-state index contributed by atoms with van der Waals surface area (Å²) in [6.45, 7) is 5.83. The first-order chi connectivity index (χ1) is 6.77. The Balaban J connectivity index is 2.57. The average Bonchev–Trinajstić information content (AvgIpc) is 2.19. The first-order valence-corrected chi connectivity index (χ1v) is 5.22. The van der Waals surface area contributed by atoms with Crippen LogP contribution in [0.25, 0.3) is 0 Å². The Morgan fingerprint density at radius 1 is 1.64 bits per heavy atom.